The van der Waals surface area contributed by atoms with Gasteiger partial charge in [0.1, 0.15) is 30.3 Å². The Balaban J connectivity index is 1.41. The first kappa shape index (κ1) is 32.4. The first-order valence-electron chi connectivity index (χ1n) is 16.5. The van der Waals surface area contributed by atoms with Crippen LogP contribution in [0.4, 0.5) is 13.6 Å². The number of rotatable bonds is 3. The number of halogens is 2. The van der Waals surface area contributed by atoms with Crippen LogP contribution in [0.1, 0.15) is 78.3 Å². The van der Waals surface area contributed by atoms with Crippen LogP contribution >= 0.6 is 0 Å². The van der Waals surface area contributed by atoms with Crippen LogP contribution in [0.5, 0.6) is 11.6 Å². The molecule has 3 fully saturated rings. The van der Waals surface area contributed by atoms with E-state index in [0.717, 1.165) is 12.8 Å². The Morgan fingerprint density at radius 1 is 1.09 bits per heavy atom. The predicted molar refractivity (Wildman–Crippen MR) is 165 cm³/mol. The monoisotopic (exact) mass is 642 g/mol. The van der Waals surface area contributed by atoms with Gasteiger partial charge in [-0.25, -0.2) is 14.8 Å². The minimum atomic E-state index is -3.35. The van der Waals surface area contributed by atoms with E-state index < -0.39 is 59.6 Å². The third-order valence-electron chi connectivity index (χ3n) is 10.4. The van der Waals surface area contributed by atoms with E-state index in [1.165, 1.54) is 12.0 Å². The number of hydrogen-bond donors (Lipinski definition) is 1. The number of alkyl halides is 2. The number of nitrogens with one attached hydrogen (secondary N) is 1. The Morgan fingerprint density at radius 3 is 2.57 bits per heavy atom. The van der Waals surface area contributed by atoms with E-state index in [9.17, 15) is 14.4 Å². The zero-order valence-electron chi connectivity index (χ0n) is 27.1. The van der Waals surface area contributed by atoms with Crippen LogP contribution in [0.15, 0.2) is 18.2 Å². The lowest BCUT2D eigenvalue weighted by molar-refractivity contribution is -0.139. The lowest BCUT2D eigenvalue weighted by atomic mass is 9.85. The van der Waals surface area contributed by atoms with E-state index in [0.29, 0.717) is 48.7 Å². The van der Waals surface area contributed by atoms with Gasteiger partial charge in [-0.2, -0.15) is 8.78 Å². The number of alkyl carbamates (subject to hydrolysis) is 1. The number of amides is 2. The van der Waals surface area contributed by atoms with Gasteiger partial charge in [0.25, 0.3) is 5.92 Å². The molecule has 1 saturated heterocycles. The second kappa shape index (κ2) is 12.2. The number of carbonyl (C=O) groups is 3. The van der Waals surface area contributed by atoms with Crippen molar-refractivity contribution in [2.45, 2.75) is 103 Å². The number of ether oxygens (including phenoxy) is 3. The van der Waals surface area contributed by atoms with Crippen LogP contribution < -0.4 is 14.8 Å². The molecule has 1 aromatic carbocycles. The van der Waals surface area contributed by atoms with Crippen molar-refractivity contribution in [3.05, 3.63) is 23.9 Å². The zero-order chi connectivity index (χ0) is 33.0. The molecule has 6 rings (SSSR count). The summed E-state index contributed by atoms with van der Waals surface area (Å²) in [5.41, 5.74) is -0.678. The largest absolute Gasteiger partial charge is 0.497 e. The molecule has 4 aliphatic rings. The van der Waals surface area contributed by atoms with Crippen LogP contribution in [0, 0.1) is 29.1 Å². The Morgan fingerprint density at radius 2 is 1.87 bits per heavy atom. The second-order valence-electron chi connectivity index (χ2n) is 14.5. The standard InChI is InChI=1S/C34H44F2N4O6/c1-6-20-25(17-41)40-16-27(20)45-30-28(37-23-11-10-19(44-5)15-24(23)38-30)34(35,36)12-8-7-9-21-22-13-18(22)14-26(21)46-32(43)39-29(31(40)42)33(2,3)4/h10-11,15,17-18,20-22,25-27,29H,6-9,12-14,16H2,1-5H3,(H,39,43)/t18?,20-,21+,22?,25+,26+,27-,29+/m0/s1. The maximum atomic E-state index is 16.1. The van der Waals surface area contributed by atoms with Crippen LogP contribution in [-0.4, -0.2) is 71.1 Å². The molecule has 2 aromatic rings. The SMILES string of the molecule is CC[C@@H]1[C@@H]2CN(C(=O)[C@H](C(C)(C)C)NC(=O)O[C@@H]3CC4CC4[C@H]3CCCCC(F)(F)c3nc4ccc(OC)cc4nc3O2)[C@@H]1C=O. The minimum absolute atomic E-state index is 0.0546. The van der Waals surface area contributed by atoms with Gasteiger partial charge in [-0.1, -0.05) is 34.1 Å². The van der Waals surface area contributed by atoms with Crippen molar-refractivity contribution in [1.29, 1.82) is 0 Å². The van der Waals surface area contributed by atoms with Crippen molar-refractivity contribution >= 4 is 29.3 Å². The van der Waals surface area contributed by atoms with Crippen LogP contribution in [0.25, 0.3) is 11.0 Å². The summed E-state index contributed by atoms with van der Waals surface area (Å²) in [6.07, 6.45) is 2.09. The number of fused-ring (bicyclic) bond motifs is 7. The van der Waals surface area contributed by atoms with E-state index in [4.69, 9.17) is 14.2 Å². The van der Waals surface area contributed by atoms with E-state index in [-0.39, 0.29) is 36.4 Å². The first-order valence-corrected chi connectivity index (χ1v) is 16.5. The fraction of sp³-hybridized carbons (Fsp3) is 0.676. The average Bonchev–Trinajstić information content (AvgIpc) is 3.55. The normalized spacial score (nSPS) is 33.0. The van der Waals surface area contributed by atoms with Crippen LogP contribution in [0.3, 0.4) is 0 Å². The van der Waals surface area contributed by atoms with Gasteiger partial charge in [0, 0.05) is 18.4 Å². The molecule has 1 N–H and O–H groups in total. The van der Waals surface area contributed by atoms with Crippen molar-refractivity contribution in [3.63, 3.8) is 0 Å². The van der Waals surface area contributed by atoms with Crippen molar-refractivity contribution in [2.24, 2.45) is 29.1 Å². The Hall–Kier alpha value is -3.57. The summed E-state index contributed by atoms with van der Waals surface area (Å²) < 4.78 is 49.8. The maximum Gasteiger partial charge on any atom is 0.408 e. The van der Waals surface area contributed by atoms with Gasteiger partial charge in [0.2, 0.25) is 11.8 Å². The smallest absolute Gasteiger partial charge is 0.408 e. The molecule has 2 amide bonds. The second-order valence-corrected chi connectivity index (χ2v) is 14.5. The summed E-state index contributed by atoms with van der Waals surface area (Å²) in [7, 11) is 1.50. The number of hydrogen-bond acceptors (Lipinski definition) is 8. The molecule has 2 unspecified atom stereocenters. The summed E-state index contributed by atoms with van der Waals surface area (Å²) >= 11 is 0. The summed E-state index contributed by atoms with van der Waals surface area (Å²) in [5, 5.41) is 2.83. The van der Waals surface area contributed by atoms with Crippen LogP contribution in [-0.2, 0) is 20.2 Å². The van der Waals surface area contributed by atoms with E-state index in [1.54, 1.807) is 18.2 Å². The number of aromatic nitrogens is 2. The number of nitrogens with zero attached hydrogens (tertiary/aromatic N) is 3. The number of aldehydes is 1. The highest BCUT2D eigenvalue weighted by Crippen LogP contribution is 2.58. The summed E-state index contributed by atoms with van der Waals surface area (Å²) in [4.78, 5) is 50.3. The van der Waals surface area contributed by atoms with Gasteiger partial charge in [0.15, 0.2) is 5.69 Å². The number of carbonyl (C=O) groups excluding carboxylic acids is 3. The third-order valence-corrected chi connectivity index (χ3v) is 10.4. The number of methoxy groups -OCH3 is 1. The summed E-state index contributed by atoms with van der Waals surface area (Å²) in [5.74, 6) is -3.17. The molecule has 0 spiro atoms. The molecule has 10 nitrogen and oxygen atoms in total. The topological polar surface area (TPSA) is 120 Å². The Labute approximate surface area is 267 Å². The highest BCUT2D eigenvalue weighted by atomic mass is 19.3. The maximum absolute atomic E-state index is 16.1. The summed E-state index contributed by atoms with van der Waals surface area (Å²) in [6, 6.07) is 2.94. The van der Waals surface area contributed by atoms with E-state index in [1.807, 2.05) is 27.7 Å². The molecule has 8 atom stereocenters. The van der Waals surface area contributed by atoms with Gasteiger partial charge < -0.3 is 29.2 Å². The quantitative estimate of drug-likeness (QED) is 0.427. The fourth-order valence-electron chi connectivity index (χ4n) is 7.85. The first-order chi connectivity index (χ1) is 21.8. The minimum Gasteiger partial charge on any atom is -0.497 e. The summed E-state index contributed by atoms with van der Waals surface area (Å²) in [6.45, 7) is 7.30. The average molecular weight is 643 g/mol. The zero-order valence-corrected chi connectivity index (χ0v) is 27.1. The molecule has 2 bridgehead atoms. The lowest BCUT2D eigenvalue weighted by Gasteiger charge is -2.35. The molecule has 2 saturated carbocycles. The predicted octanol–water partition coefficient (Wildman–Crippen LogP) is 5.65. The van der Waals surface area contributed by atoms with Crippen molar-refractivity contribution in [3.8, 4) is 11.6 Å². The van der Waals surface area contributed by atoms with Gasteiger partial charge in [-0.15, -0.1) is 0 Å². The third kappa shape index (κ3) is 6.11. The fourth-order valence-corrected chi connectivity index (χ4v) is 7.85. The Bertz CT molecular complexity index is 1500. The van der Waals surface area contributed by atoms with E-state index in [2.05, 4.69) is 15.3 Å². The Kier molecular flexibility index (Phi) is 8.60. The molecule has 0 radical (unpaired) electrons. The van der Waals surface area contributed by atoms with Gasteiger partial charge in [-0.05, 0) is 67.4 Å². The van der Waals surface area contributed by atoms with Crippen molar-refractivity contribution in [2.75, 3.05) is 13.7 Å². The molecular formula is C34H44F2N4O6. The number of benzene rings is 1. The molecule has 46 heavy (non-hydrogen) atoms. The molecule has 2 aliphatic heterocycles. The lowest BCUT2D eigenvalue weighted by Crippen LogP contribution is -2.56. The highest BCUT2D eigenvalue weighted by Gasteiger charge is 2.55. The van der Waals surface area contributed by atoms with Crippen LogP contribution in [0.2, 0.25) is 0 Å². The van der Waals surface area contributed by atoms with Crippen molar-refractivity contribution in [1.82, 2.24) is 20.2 Å². The molecule has 12 heteroatoms. The molecule has 3 heterocycles. The molecular weight excluding hydrogens is 598 g/mol. The molecule has 1 aromatic heterocycles. The highest BCUT2D eigenvalue weighted by molar-refractivity contribution is 5.89. The van der Waals surface area contributed by atoms with E-state index >= 15 is 8.78 Å². The van der Waals surface area contributed by atoms with Crippen molar-refractivity contribution < 1.29 is 37.4 Å². The molecule has 2 aliphatic carbocycles. The van der Waals surface area contributed by atoms with Gasteiger partial charge in [-0.3, -0.25) is 4.79 Å². The van der Waals surface area contributed by atoms with Gasteiger partial charge in [0.05, 0.1) is 30.7 Å². The van der Waals surface area contributed by atoms with Gasteiger partial charge >= 0.3 is 6.09 Å². The molecule has 250 valence electrons.